The van der Waals surface area contributed by atoms with Crippen LogP contribution in [0.4, 0.5) is 5.69 Å². The molecule has 1 fully saturated rings. The van der Waals surface area contributed by atoms with Gasteiger partial charge in [-0.1, -0.05) is 18.2 Å². The molecule has 13 heavy (non-hydrogen) atoms. The summed E-state index contributed by atoms with van der Waals surface area (Å²) in [7, 11) is 0. The first-order chi connectivity index (χ1) is 6.40. The summed E-state index contributed by atoms with van der Waals surface area (Å²) in [4.78, 5) is 15.8. The van der Waals surface area contributed by atoms with Gasteiger partial charge < -0.3 is 4.79 Å². The molecule has 0 radical (unpaired) electrons. The van der Waals surface area contributed by atoms with Crippen molar-refractivity contribution in [2.75, 3.05) is 11.6 Å². The molecule has 0 aromatic heterocycles. The van der Waals surface area contributed by atoms with Gasteiger partial charge in [-0.3, -0.25) is 9.90 Å². The lowest BCUT2D eigenvalue weighted by molar-refractivity contribution is -0.116. The van der Waals surface area contributed by atoms with Crippen molar-refractivity contribution in [3.05, 3.63) is 30.3 Å². The molecule has 0 saturated carbocycles. The third kappa shape index (κ3) is 1.70. The molecule has 0 spiro atoms. The molecule has 1 saturated heterocycles. The second-order valence-corrected chi connectivity index (χ2v) is 3.01. The first-order valence-electron chi connectivity index (χ1n) is 4.35. The summed E-state index contributed by atoms with van der Waals surface area (Å²) in [6, 6.07) is 9.79. The fraction of sp³-hybridized carbons (Fsp3) is 0.300. The maximum Gasteiger partial charge on any atom is 0.151 e. The number of hydrogen-bond acceptors (Lipinski definition) is 3. The number of carbonyl (C=O) groups is 1. The molecule has 1 unspecified atom stereocenters. The van der Waals surface area contributed by atoms with Crippen molar-refractivity contribution in [3.63, 3.8) is 0 Å². The molecule has 0 bridgehead atoms. The van der Waals surface area contributed by atoms with Crippen molar-refractivity contribution in [1.29, 1.82) is 0 Å². The van der Waals surface area contributed by atoms with E-state index in [2.05, 4.69) is 0 Å². The molecule has 3 nitrogen and oxygen atoms in total. The lowest BCUT2D eigenvalue weighted by Crippen LogP contribution is -2.18. The molecule has 1 aromatic carbocycles. The molecule has 0 amide bonds. The van der Waals surface area contributed by atoms with Crippen molar-refractivity contribution in [3.8, 4) is 0 Å². The third-order valence-corrected chi connectivity index (χ3v) is 2.08. The van der Waals surface area contributed by atoms with Crippen LogP contribution in [0.1, 0.15) is 6.42 Å². The molecule has 3 heteroatoms. The van der Waals surface area contributed by atoms with Gasteiger partial charge in [0.05, 0.1) is 5.69 Å². The standard InChI is InChI=1S/C10H11NO2/c12-8-10-6-7-11(13-10)9-4-2-1-3-5-9/h1-5,8,10H,6-7H2. The zero-order chi connectivity index (χ0) is 9.10. The van der Waals surface area contributed by atoms with Crippen LogP contribution in [0.2, 0.25) is 0 Å². The van der Waals surface area contributed by atoms with Gasteiger partial charge in [-0.25, -0.2) is 0 Å². The van der Waals surface area contributed by atoms with Crippen LogP contribution in [-0.4, -0.2) is 18.9 Å². The Labute approximate surface area is 76.9 Å². The Hall–Kier alpha value is -1.35. The van der Waals surface area contributed by atoms with E-state index in [-0.39, 0.29) is 6.10 Å². The smallest absolute Gasteiger partial charge is 0.151 e. The molecule has 68 valence electrons. The molecule has 1 aliphatic heterocycles. The molecule has 1 atom stereocenters. The summed E-state index contributed by atoms with van der Waals surface area (Å²) in [6.07, 6.45) is 1.36. The van der Waals surface area contributed by atoms with Crippen LogP contribution >= 0.6 is 0 Å². The van der Waals surface area contributed by atoms with Crippen LogP contribution in [0.15, 0.2) is 30.3 Å². The minimum Gasteiger partial charge on any atom is -0.300 e. The van der Waals surface area contributed by atoms with Crippen LogP contribution < -0.4 is 5.06 Å². The van der Waals surface area contributed by atoms with Crippen LogP contribution in [0.3, 0.4) is 0 Å². The number of benzene rings is 1. The largest absolute Gasteiger partial charge is 0.300 e. The number of hydroxylamine groups is 1. The molecule has 1 aromatic rings. The van der Waals surface area contributed by atoms with Crippen molar-refractivity contribution in [1.82, 2.24) is 0 Å². The monoisotopic (exact) mass is 177 g/mol. The van der Waals surface area contributed by atoms with E-state index in [1.54, 1.807) is 5.06 Å². The molecule has 2 rings (SSSR count). The lowest BCUT2D eigenvalue weighted by Gasteiger charge is -2.16. The summed E-state index contributed by atoms with van der Waals surface area (Å²) in [5, 5.41) is 1.76. The zero-order valence-corrected chi connectivity index (χ0v) is 7.22. The van der Waals surface area contributed by atoms with Gasteiger partial charge in [-0.2, -0.15) is 0 Å². The van der Waals surface area contributed by atoms with E-state index < -0.39 is 0 Å². The number of aldehydes is 1. The number of para-hydroxylation sites is 1. The SMILES string of the molecule is O=CC1CCN(c2ccccc2)O1. The normalized spacial score (nSPS) is 21.8. The Bertz CT molecular complexity index is 286. The maximum absolute atomic E-state index is 10.4. The number of rotatable bonds is 2. The highest BCUT2D eigenvalue weighted by Crippen LogP contribution is 2.20. The van der Waals surface area contributed by atoms with Crippen molar-refractivity contribution >= 4 is 12.0 Å². The predicted molar refractivity (Wildman–Crippen MR) is 49.3 cm³/mol. The maximum atomic E-state index is 10.4. The fourth-order valence-corrected chi connectivity index (χ4v) is 1.39. The molecule has 0 N–H and O–H groups in total. The third-order valence-electron chi connectivity index (χ3n) is 2.08. The summed E-state index contributed by atoms with van der Waals surface area (Å²) < 4.78 is 0. The summed E-state index contributed by atoms with van der Waals surface area (Å²) in [5.41, 5.74) is 1.01. The van der Waals surface area contributed by atoms with Gasteiger partial charge in [0.15, 0.2) is 6.29 Å². The Morgan fingerprint density at radius 2 is 2.15 bits per heavy atom. The van der Waals surface area contributed by atoms with Gasteiger partial charge in [-0.05, 0) is 12.1 Å². The van der Waals surface area contributed by atoms with Crippen molar-refractivity contribution < 1.29 is 9.63 Å². The molecular formula is C10H11NO2. The summed E-state index contributed by atoms with van der Waals surface area (Å²) in [6.45, 7) is 0.785. The lowest BCUT2D eigenvalue weighted by atomic mass is 10.3. The highest BCUT2D eigenvalue weighted by atomic mass is 16.7. The van der Waals surface area contributed by atoms with E-state index in [4.69, 9.17) is 4.84 Å². The minimum absolute atomic E-state index is 0.264. The molecule has 1 aliphatic rings. The highest BCUT2D eigenvalue weighted by Gasteiger charge is 2.22. The Kier molecular flexibility index (Phi) is 2.27. The van der Waals surface area contributed by atoms with E-state index in [1.807, 2.05) is 30.3 Å². The van der Waals surface area contributed by atoms with Gasteiger partial charge in [0.1, 0.15) is 6.10 Å². The zero-order valence-electron chi connectivity index (χ0n) is 7.22. The summed E-state index contributed by atoms with van der Waals surface area (Å²) in [5.74, 6) is 0. The fourth-order valence-electron chi connectivity index (χ4n) is 1.39. The number of carbonyl (C=O) groups excluding carboxylic acids is 1. The van der Waals surface area contributed by atoms with Crippen molar-refractivity contribution in [2.24, 2.45) is 0 Å². The van der Waals surface area contributed by atoms with Crippen molar-refractivity contribution in [2.45, 2.75) is 12.5 Å². The predicted octanol–water partition coefficient (Wildman–Crippen LogP) is 1.40. The molecule has 1 heterocycles. The van der Waals surface area contributed by atoms with E-state index in [0.29, 0.717) is 0 Å². The Morgan fingerprint density at radius 1 is 1.38 bits per heavy atom. The second-order valence-electron chi connectivity index (χ2n) is 3.01. The number of anilines is 1. The van der Waals surface area contributed by atoms with Crippen LogP contribution in [-0.2, 0) is 9.63 Å². The van der Waals surface area contributed by atoms with E-state index in [9.17, 15) is 4.79 Å². The second kappa shape index (κ2) is 3.58. The highest BCUT2D eigenvalue weighted by molar-refractivity contribution is 5.58. The quantitative estimate of drug-likeness (QED) is 0.639. The summed E-state index contributed by atoms with van der Waals surface area (Å²) >= 11 is 0. The first kappa shape index (κ1) is 8.26. The molecule has 0 aliphatic carbocycles. The minimum atomic E-state index is -0.264. The van der Waals surface area contributed by atoms with Gasteiger partial charge in [0.25, 0.3) is 0 Å². The van der Waals surface area contributed by atoms with Gasteiger partial charge >= 0.3 is 0 Å². The van der Waals surface area contributed by atoms with Gasteiger partial charge in [0, 0.05) is 13.0 Å². The topological polar surface area (TPSA) is 29.5 Å². The first-order valence-corrected chi connectivity index (χ1v) is 4.35. The van der Waals surface area contributed by atoms with Gasteiger partial charge in [-0.15, -0.1) is 0 Å². The van der Waals surface area contributed by atoms with E-state index >= 15 is 0 Å². The van der Waals surface area contributed by atoms with Gasteiger partial charge in [0.2, 0.25) is 0 Å². The van der Waals surface area contributed by atoms with E-state index in [1.165, 1.54) is 0 Å². The number of hydrogen-bond donors (Lipinski definition) is 0. The number of nitrogens with zero attached hydrogens (tertiary/aromatic N) is 1. The Balaban J connectivity index is 2.08. The average Bonchev–Trinajstić information content (AvgIpc) is 2.67. The van der Waals surface area contributed by atoms with Crippen LogP contribution in [0, 0.1) is 0 Å². The molecular weight excluding hydrogens is 166 g/mol. The average molecular weight is 177 g/mol. The van der Waals surface area contributed by atoms with Crippen LogP contribution in [0.25, 0.3) is 0 Å². The van der Waals surface area contributed by atoms with E-state index in [0.717, 1.165) is 24.9 Å². The van der Waals surface area contributed by atoms with Crippen LogP contribution in [0.5, 0.6) is 0 Å². The Morgan fingerprint density at radius 3 is 2.77 bits per heavy atom.